The number of nitrogens with two attached hydrogens (primary N) is 1. The van der Waals surface area contributed by atoms with E-state index in [0.29, 0.717) is 12.8 Å². The number of nitrogens with one attached hydrogen (secondary N) is 1. The highest BCUT2D eigenvalue weighted by Gasteiger charge is 2.34. The molecule has 0 aliphatic carbocycles. The fourth-order valence-electron chi connectivity index (χ4n) is 2.05. The number of halogens is 1. The zero-order valence-corrected chi connectivity index (χ0v) is 11.6. The van der Waals surface area contributed by atoms with E-state index in [9.17, 15) is 14.0 Å². The van der Waals surface area contributed by atoms with Crippen LogP contribution in [0.5, 0.6) is 0 Å². The van der Waals surface area contributed by atoms with Crippen LogP contribution in [-0.4, -0.2) is 23.5 Å². The molecule has 0 radical (unpaired) electrons. The molecule has 110 valence electrons. The molecule has 0 saturated heterocycles. The highest BCUT2D eigenvalue weighted by molar-refractivity contribution is 6.02. The predicted molar refractivity (Wildman–Crippen MR) is 74.1 cm³/mol. The molecule has 0 aromatic heterocycles. The van der Waals surface area contributed by atoms with Crippen molar-refractivity contribution >= 4 is 17.6 Å². The van der Waals surface area contributed by atoms with Crippen LogP contribution in [0.4, 0.5) is 10.1 Å². The van der Waals surface area contributed by atoms with E-state index in [-0.39, 0.29) is 12.2 Å². The average Bonchev–Trinajstić information content (AvgIpc) is 2.41. The number of carbonyl (C=O) groups excluding carboxylic acids is 1. The number of rotatable bonds is 6. The first kappa shape index (κ1) is 16.1. The zero-order chi connectivity index (χ0) is 15.3. The summed E-state index contributed by atoms with van der Waals surface area (Å²) in [5.74, 6) is -2.70. The van der Waals surface area contributed by atoms with Gasteiger partial charge in [-0.1, -0.05) is 19.9 Å². The van der Waals surface area contributed by atoms with Gasteiger partial charge in [0, 0.05) is 6.54 Å². The van der Waals surface area contributed by atoms with Crippen molar-refractivity contribution in [1.29, 1.82) is 0 Å². The summed E-state index contributed by atoms with van der Waals surface area (Å²) in [4.78, 5) is 23.4. The lowest BCUT2D eigenvalue weighted by atomic mass is 9.81. The summed E-state index contributed by atoms with van der Waals surface area (Å²) in [6.45, 7) is 3.81. The highest BCUT2D eigenvalue weighted by Crippen LogP contribution is 2.28. The number of benzene rings is 1. The molecule has 20 heavy (non-hydrogen) atoms. The third-order valence-corrected chi connectivity index (χ3v) is 3.70. The van der Waals surface area contributed by atoms with Crippen molar-refractivity contribution in [2.24, 2.45) is 11.1 Å². The van der Waals surface area contributed by atoms with Gasteiger partial charge < -0.3 is 16.2 Å². The Bertz CT molecular complexity index is 505. The largest absolute Gasteiger partial charge is 0.478 e. The van der Waals surface area contributed by atoms with Crippen molar-refractivity contribution in [3.63, 3.8) is 0 Å². The topological polar surface area (TPSA) is 92.4 Å². The first-order valence-electron chi connectivity index (χ1n) is 6.45. The van der Waals surface area contributed by atoms with Crippen molar-refractivity contribution in [2.45, 2.75) is 26.7 Å². The minimum atomic E-state index is -1.43. The lowest BCUT2D eigenvalue weighted by molar-refractivity contribution is -0.125. The molecule has 0 atom stereocenters. The molecule has 1 rings (SSSR count). The number of carbonyl (C=O) groups is 2. The Kier molecular flexibility index (Phi) is 5.21. The van der Waals surface area contributed by atoms with Crippen LogP contribution in [0.2, 0.25) is 0 Å². The van der Waals surface area contributed by atoms with Crippen molar-refractivity contribution in [1.82, 2.24) is 0 Å². The van der Waals surface area contributed by atoms with Crippen LogP contribution in [0.3, 0.4) is 0 Å². The van der Waals surface area contributed by atoms with Gasteiger partial charge in [0.25, 0.3) is 0 Å². The Balaban J connectivity index is 3.14. The van der Waals surface area contributed by atoms with Crippen LogP contribution in [0.15, 0.2) is 18.2 Å². The summed E-state index contributed by atoms with van der Waals surface area (Å²) in [6.07, 6.45) is 1.03. The summed E-state index contributed by atoms with van der Waals surface area (Å²) < 4.78 is 13.5. The molecule has 1 amide bonds. The Morgan fingerprint density at radius 2 is 1.95 bits per heavy atom. The number of aromatic carboxylic acids is 1. The van der Waals surface area contributed by atoms with Gasteiger partial charge in [0.1, 0.15) is 11.4 Å². The highest BCUT2D eigenvalue weighted by atomic mass is 19.1. The number of hydrogen-bond acceptors (Lipinski definition) is 3. The van der Waals surface area contributed by atoms with E-state index in [1.165, 1.54) is 12.1 Å². The van der Waals surface area contributed by atoms with E-state index < -0.39 is 28.7 Å². The second kappa shape index (κ2) is 6.47. The van der Waals surface area contributed by atoms with Gasteiger partial charge in [-0.2, -0.15) is 0 Å². The van der Waals surface area contributed by atoms with Gasteiger partial charge in [-0.25, -0.2) is 9.18 Å². The molecule has 1 aromatic carbocycles. The lowest BCUT2D eigenvalue weighted by Gasteiger charge is -2.28. The molecule has 0 saturated carbocycles. The minimum absolute atomic E-state index is 0.0535. The van der Waals surface area contributed by atoms with E-state index in [2.05, 4.69) is 5.32 Å². The van der Waals surface area contributed by atoms with E-state index in [1.54, 1.807) is 0 Å². The summed E-state index contributed by atoms with van der Waals surface area (Å²) >= 11 is 0. The first-order chi connectivity index (χ1) is 9.41. The van der Waals surface area contributed by atoms with Gasteiger partial charge >= 0.3 is 5.97 Å². The molecule has 0 heterocycles. The summed E-state index contributed by atoms with van der Waals surface area (Å²) in [5, 5.41) is 11.5. The fraction of sp³-hybridized carbons (Fsp3) is 0.429. The van der Waals surface area contributed by atoms with E-state index >= 15 is 0 Å². The molecule has 5 nitrogen and oxygen atoms in total. The number of amides is 1. The van der Waals surface area contributed by atoms with Crippen LogP contribution < -0.4 is 11.1 Å². The SMILES string of the molecule is CCC(CC)(CN)C(=O)Nc1cccc(F)c1C(=O)O. The lowest BCUT2D eigenvalue weighted by Crippen LogP contribution is -2.41. The van der Waals surface area contributed by atoms with E-state index in [1.807, 2.05) is 13.8 Å². The van der Waals surface area contributed by atoms with Crippen molar-refractivity contribution in [2.75, 3.05) is 11.9 Å². The summed E-state index contributed by atoms with van der Waals surface area (Å²) in [6, 6.07) is 3.74. The molecule has 0 fully saturated rings. The van der Waals surface area contributed by atoms with E-state index in [4.69, 9.17) is 10.8 Å². The molecule has 0 aliphatic heterocycles. The number of hydrogen-bond donors (Lipinski definition) is 3. The van der Waals surface area contributed by atoms with Gasteiger partial charge in [-0.15, -0.1) is 0 Å². The van der Waals surface area contributed by atoms with Gasteiger partial charge in [-0.3, -0.25) is 4.79 Å². The Hall–Kier alpha value is -1.95. The summed E-state index contributed by atoms with van der Waals surface area (Å²) in [5.41, 5.74) is 4.29. The van der Waals surface area contributed by atoms with E-state index in [0.717, 1.165) is 6.07 Å². The Labute approximate surface area is 117 Å². The van der Waals surface area contributed by atoms with Gasteiger partial charge in [0.05, 0.1) is 11.1 Å². The zero-order valence-electron chi connectivity index (χ0n) is 11.6. The number of carboxylic acids is 1. The van der Waals surface area contributed by atoms with Gasteiger partial charge in [0.2, 0.25) is 5.91 Å². The molecule has 0 bridgehead atoms. The van der Waals surface area contributed by atoms with Crippen LogP contribution in [-0.2, 0) is 4.79 Å². The molecule has 0 aliphatic rings. The minimum Gasteiger partial charge on any atom is -0.478 e. The Morgan fingerprint density at radius 3 is 2.40 bits per heavy atom. The van der Waals surface area contributed by atoms with Gasteiger partial charge in [0.15, 0.2) is 0 Å². The van der Waals surface area contributed by atoms with Crippen LogP contribution in [0, 0.1) is 11.2 Å². The molecule has 0 spiro atoms. The second-order valence-electron chi connectivity index (χ2n) is 4.61. The monoisotopic (exact) mass is 282 g/mol. The smallest absolute Gasteiger partial charge is 0.340 e. The Morgan fingerprint density at radius 1 is 1.35 bits per heavy atom. The maximum absolute atomic E-state index is 13.5. The summed E-state index contributed by atoms with van der Waals surface area (Å²) in [7, 11) is 0. The number of anilines is 1. The standard InChI is InChI=1S/C14H19FN2O3/c1-3-14(4-2,8-16)13(20)17-10-7-5-6-9(15)11(10)12(18)19/h5-7H,3-4,8,16H2,1-2H3,(H,17,20)(H,18,19). The second-order valence-corrected chi connectivity index (χ2v) is 4.61. The first-order valence-corrected chi connectivity index (χ1v) is 6.45. The van der Waals surface area contributed by atoms with Crippen LogP contribution in [0.25, 0.3) is 0 Å². The average molecular weight is 282 g/mol. The molecule has 6 heteroatoms. The third-order valence-electron chi connectivity index (χ3n) is 3.70. The van der Waals surface area contributed by atoms with Crippen molar-refractivity contribution in [3.8, 4) is 0 Å². The molecular formula is C14H19FN2O3. The molecule has 1 aromatic rings. The van der Waals surface area contributed by atoms with Crippen molar-refractivity contribution in [3.05, 3.63) is 29.6 Å². The predicted octanol–water partition coefficient (Wildman–Crippen LogP) is 2.23. The molecular weight excluding hydrogens is 263 g/mol. The number of carboxylic acid groups (broad SMARTS) is 1. The fourth-order valence-corrected chi connectivity index (χ4v) is 2.05. The van der Waals surface area contributed by atoms with Gasteiger partial charge in [-0.05, 0) is 25.0 Å². The normalized spacial score (nSPS) is 11.2. The quantitative estimate of drug-likeness (QED) is 0.746. The van der Waals surface area contributed by atoms with Crippen LogP contribution in [0.1, 0.15) is 37.0 Å². The maximum Gasteiger partial charge on any atom is 0.340 e. The van der Waals surface area contributed by atoms with Crippen LogP contribution >= 0.6 is 0 Å². The third kappa shape index (κ3) is 2.96. The maximum atomic E-state index is 13.5. The van der Waals surface area contributed by atoms with Crippen molar-refractivity contribution < 1.29 is 19.1 Å². The molecule has 0 unspecified atom stereocenters. The molecule has 4 N–H and O–H groups in total.